The van der Waals surface area contributed by atoms with Gasteiger partial charge >= 0.3 is 0 Å². The Morgan fingerprint density at radius 1 is 0.854 bits per heavy atom. The SMILES string of the molecule is O=C1c2cc(N3CCOCC3)c(Cc3ccccc3)nc2C2=C(Sc3ccccc3)c3cc4c(cc3CN12)OCO4. The molecule has 3 aromatic carbocycles. The summed E-state index contributed by atoms with van der Waals surface area (Å²) in [5.74, 6) is 1.44. The molecule has 0 N–H and O–H groups in total. The first-order valence-electron chi connectivity index (χ1n) is 13.9. The van der Waals surface area contributed by atoms with Crippen molar-refractivity contribution in [3.05, 3.63) is 113 Å². The van der Waals surface area contributed by atoms with Gasteiger partial charge in [-0.05, 0) is 47.0 Å². The zero-order valence-electron chi connectivity index (χ0n) is 22.3. The van der Waals surface area contributed by atoms with Crippen LogP contribution >= 0.6 is 11.8 Å². The summed E-state index contributed by atoms with van der Waals surface area (Å²) in [6.45, 7) is 3.53. The number of hydrogen-bond donors (Lipinski definition) is 0. The summed E-state index contributed by atoms with van der Waals surface area (Å²) in [6, 6.07) is 26.8. The fourth-order valence-electron chi connectivity index (χ4n) is 5.97. The molecule has 1 aromatic heterocycles. The highest BCUT2D eigenvalue weighted by molar-refractivity contribution is 8.08. The minimum atomic E-state index is -0.0160. The van der Waals surface area contributed by atoms with Crippen LogP contribution in [-0.4, -0.2) is 48.9 Å². The van der Waals surface area contributed by atoms with Gasteiger partial charge < -0.3 is 24.0 Å². The van der Waals surface area contributed by atoms with Crippen molar-refractivity contribution >= 4 is 34.0 Å². The number of nitrogens with zero attached hydrogens (tertiary/aromatic N) is 3. The average Bonchev–Trinajstić information content (AvgIpc) is 3.58. The molecule has 8 heteroatoms. The molecule has 4 aromatic rings. The number of rotatable bonds is 5. The molecule has 0 atom stereocenters. The molecule has 1 saturated heterocycles. The number of pyridine rings is 1. The fourth-order valence-corrected chi connectivity index (χ4v) is 7.10. The molecule has 204 valence electrons. The third-order valence-corrected chi connectivity index (χ3v) is 9.09. The Balaban J connectivity index is 1.33. The second-order valence-corrected chi connectivity index (χ2v) is 11.5. The number of benzene rings is 3. The summed E-state index contributed by atoms with van der Waals surface area (Å²) in [5, 5.41) is 0. The monoisotopic (exact) mass is 561 g/mol. The van der Waals surface area contributed by atoms with Crippen LogP contribution in [0.25, 0.3) is 10.6 Å². The normalized spacial score (nSPS) is 17.0. The van der Waals surface area contributed by atoms with Crippen molar-refractivity contribution in [2.24, 2.45) is 0 Å². The first-order chi connectivity index (χ1) is 20.2. The Labute approximate surface area is 242 Å². The third kappa shape index (κ3) is 4.26. The van der Waals surface area contributed by atoms with Crippen LogP contribution in [0.5, 0.6) is 11.5 Å². The van der Waals surface area contributed by atoms with Gasteiger partial charge in [0.1, 0.15) is 5.69 Å². The van der Waals surface area contributed by atoms with Crippen molar-refractivity contribution in [3.63, 3.8) is 0 Å². The van der Waals surface area contributed by atoms with Crippen LogP contribution in [0.1, 0.15) is 38.4 Å². The predicted molar refractivity (Wildman–Crippen MR) is 158 cm³/mol. The minimum Gasteiger partial charge on any atom is -0.454 e. The van der Waals surface area contributed by atoms with Crippen LogP contribution in [0.4, 0.5) is 5.69 Å². The highest BCUT2D eigenvalue weighted by Gasteiger charge is 2.41. The topological polar surface area (TPSA) is 64.1 Å². The van der Waals surface area contributed by atoms with E-state index in [1.807, 2.05) is 35.2 Å². The second-order valence-electron chi connectivity index (χ2n) is 10.5. The van der Waals surface area contributed by atoms with Crippen molar-refractivity contribution in [2.45, 2.75) is 17.9 Å². The fraction of sp³-hybridized carbons (Fsp3) is 0.212. The number of hydrogen-bond acceptors (Lipinski definition) is 7. The Hall–Kier alpha value is -4.27. The molecule has 41 heavy (non-hydrogen) atoms. The third-order valence-electron chi connectivity index (χ3n) is 7.96. The highest BCUT2D eigenvalue weighted by atomic mass is 32.2. The maximum Gasteiger partial charge on any atom is 0.261 e. The van der Waals surface area contributed by atoms with Crippen LogP contribution in [0.2, 0.25) is 0 Å². The molecular formula is C33H27N3O4S. The highest BCUT2D eigenvalue weighted by Crippen LogP contribution is 2.52. The molecule has 0 unspecified atom stereocenters. The number of thioether (sulfide) groups is 1. The number of carbonyl (C=O) groups excluding carboxylic acids is 1. The van der Waals surface area contributed by atoms with E-state index in [1.54, 1.807) is 11.8 Å². The van der Waals surface area contributed by atoms with Gasteiger partial charge in [0.15, 0.2) is 11.5 Å². The van der Waals surface area contributed by atoms with Gasteiger partial charge in [-0.2, -0.15) is 0 Å². The number of fused-ring (bicyclic) bond motifs is 5. The maximum atomic E-state index is 14.1. The van der Waals surface area contributed by atoms with Gasteiger partial charge in [-0.3, -0.25) is 4.79 Å². The van der Waals surface area contributed by atoms with E-state index in [0.29, 0.717) is 31.7 Å². The van der Waals surface area contributed by atoms with Crippen molar-refractivity contribution in [1.29, 1.82) is 0 Å². The molecule has 8 rings (SSSR count). The first-order valence-corrected chi connectivity index (χ1v) is 14.7. The molecule has 4 aliphatic rings. The van der Waals surface area contributed by atoms with E-state index in [9.17, 15) is 4.79 Å². The average molecular weight is 562 g/mol. The van der Waals surface area contributed by atoms with E-state index < -0.39 is 0 Å². The Bertz CT molecular complexity index is 1700. The summed E-state index contributed by atoms with van der Waals surface area (Å²) in [7, 11) is 0. The zero-order valence-corrected chi connectivity index (χ0v) is 23.2. The van der Waals surface area contributed by atoms with Gasteiger partial charge in [0.05, 0.1) is 42.4 Å². The van der Waals surface area contributed by atoms with Gasteiger partial charge in [0.2, 0.25) is 6.79 Å². The van der Waals surface area contributed by atoms with Crippen LogP contribution < -0.4 is 14.4 Å². The van der Waals surface area contributed by atoms with Crippen LogP contribution in [-0.2, 0) is 17.7 Å². The number of amides is 1. The number of ether oxygens (including phenoxy) is 3. The van der Waals surface area contributed by atoms with Gasteiger partial charge in [-0.25, -0.2) is 4.98 Å². The van der Waals surface area contributed by atoms with Crippen molar-refractivity contribution in [3.8, 4) is 11.5 Å². The summed E-state index contributed by atoms with van der Waals surface area (Å²) in [5.41, 5.74) is 7.53. The molecule has 0 radical (unpaired) electrons. The first kappa shape index (κ1) is 24.5. The molecule has 7 nitrogen and oxygen atoms in total. The summed E-state index contributed by atoms with van der Waals surface area (Å²) < 4.78 is 17.1. The van der Waals surface area contributed by atoms with Gasteiger partial charge in [0.25, 0.3) is 5.91 Å². The van der Waals surface area contributed by atoms with Crippen molar-refractivity contribution in [2.75, 3.05) is 38.0 Å². The number of aromatic nitrogens is 1. The van der Waals surface area contributed by atoms with Crippen molar-refractivity contribution < 1.29 is 19.0 Å². The minimum absolute atomic E-state index is 0.0160. The van der Waals surface area contributed by atoms with E-state index in [2.05, 4.69) is 53.4 Å². The molecule has 1 fully saturated rings. The lowest BCUT2D eigenvalue weighted by molar-refractivity contribution is 0.0842. The largest absolute Gasteiger partial charge is 0.454 e. The molecule has 0 aliphatic carbocycles. The lowest BCUT2D eigenvalue weighted by Gasteiger charge is -2.30. The number of anilines is 1. The molecule has 4 aliphatic heterocycles. The lowest BCUT2D eigenvalue weighted by Crippen LogP contribution is -2.37. The van der Waals surface area contributed by atoms with Gasteiger partial charge in [0, 0.05) is 29.3 Å². The second kappa shape index (κ2) is 9.98. The van der Waals surface area contributed by atoms with Gasteiger partial charge in [-0.1, -0.05) is 60.3 Å². The Kier molecular flexibility index (Phi) is 5.97. The lowest BCUT2D eigenvalue weighted by atomic mass is 9.99. The standard InChI is InChI=1S/C33H27N3O4S/c37-33-25-17-27(35-11-13-38-14-12-35)26(15-21-7-3-1-4-8-21)34-30(25)31-32(41-23-9-5-2-6-10-23)24-18-29-28(39-20-40-29)16-22(24)19-36(31)33/h1-10,16-18H,11-15,19-20H2. The molecule has 0 saturated carbocycles. The molecular weight excluding hydrogens is 534 g/mol. The van der Waals surface area contributed by atoms with Crippen LogP contribution in [0.3, 0.4) is 0 Å². The van der Waals surface area contributed by atoms with E-state index in [0.717, 1.165) is 68.3 Å². The molecule has 5 heterocycles. The smallest absolute Gasteiger partial charge is 0.261 e. The van der Waals surface area contributed by atoms with E-state index in [4.69, 9.17) is 19.2 Å². The maximum absolute atomic E-state index is 14.1. The summed E-state index contributed by atoms with van der Waals surface area (Å²) in [4.78, 5) is 25.7. The van der Waals surface area contributed by atoms with E-state index in [1.165, 1.54) is 5.56 Å². The summed E-state index contributed by atoms with van der Waals surface area (Å²) >= 11 is 1.66. The van der Waals surface area contributed by atoms with Crippen molar-refractivity contribution in [1.82, 2.24) is 9.88 Å². The van der Waals surface area contributed by atoms with Crippen LogP contribution in [0.15, 0.2) is 83.8 Å². The summed E-state index contributed by atoms with van der Waals surface area (Å²) in [6.07, 6.45) is 0.679. The van der Waals surface area contributed by atoms with E-state index in [-0.39, 0.29) is 12.7 Å². The Morgan fingerprint density at radius 2 is 1.59 bits per heavy atom. The van der Waals surface area contributed by atoms with Crippen LogP contribution in [0, 0.1) is 0 Å². The quantitative estimate of drug-likeness (QED) is 0.304. The zero-order chi connectivity index (χ0) is 27.3. The predicted octanol–water partition coefficient (Wildman–Crippen LogP) is 5.83. The number of morpholine rings is 1. The van der Waals surface area contributed by atoms with Gasteiger partial charge in [-0.15, -0.1) is 0 Å². The molecule has 0 spiro atoms. The number of carbonyl (C=O) groups is 1. The molecule has 0 bridgehead atoms. The molecule has 1 amide bonds. The van der Waals surface area contributed by atoms with E-state index >= 15 is 0 Å². The Morgan fingerprint density at radius 3 is 2.37 bits per heavy atom.